The smallest absolute Gasteiger partial charge is 0.253 e. The number of morpholine rings is 1. The van der Waals surface area contributed by atoms with E-state index in [1.807, 2.05) is 30.3 Å². The van der Waals surface area contributed by atoms with Gasteiger partial charge in [-0.1, -0.05) is 17.7 Å². The van der Waals surface area contributed by atoms with Crippen molar-refractivity contribution in [3.05, 3.63) is 71.4 Å². The maximum Gasteiger partial charge on any atom is 0.253 e. The second-order valence-corrected chi connectivity index (χ2v) is 8.10. The van der Waals surface area contributed by atoms with Crippen molar-refractivity contribution in [2.24, 2.45) is 0 Å². The van der Waals surface area contributed by atoms with E-state index in [0.29, 0.717) is 35.4 Å². The Kier molecular flexibility index (Phi) is 5.77. The number of carbonyl (C=O) groups is 2. The molecule has 0 aliphatic carbocycles. The van der Waals surface area contributed by atoms with Crippen LogP contribution in [0.3, 0.4) is 0 Å². The van der Waals surface area contributed by atoms with Gasteiger partial charge in [0.1, 0.15) is 12.3 Å². The Labute approximate surface area is 194 Å². The highest BCUT2D eigenvalue weighted by Gasteiger charge is 2.20. The van der Waals surface area contributed by atoms with Gasteiger partial charge in [0.25, 0.3) is 5.91 Å². The average molecular weight is 462 g/mol. The van der Waals surface area contributed by atoms with Gasteiger partial charge in [0.2, 0.25) is 5.91 Å². The first-order valence-corrected chi connectivity index (χ1v) is 10.8. The summed E-state index contributed by atoms with van der Waals surface area (Å²) in [5, 5.41) is 3.46. The Morgan fingerprint density at radius 1 is 1.15 bits per heavy atom. The quantitative estimate of drug-likeness (QED) is 0.470. The molecule has 166 valence electrons. The van der Waals surface area contributed by atoms with E-state index in [1.54, 1.807) is 35.4 Å². The third-order valence-electron chi connectivity index (χ3n) is 5.33. The van der Waals surface area contributed by atoms with Gasteiger partial charge in [-0.15, -0.1) is 0 Å². The lowest BCUT2D eigenvalue weighted by molar-refractivity contribution is -0.125. The van der Waals surface area contributed by atoms with Crippen molar-refractivity contribution in [3.8, 4) is 11.5 Å². The number of H-pyrrole nitrogens is 1. The minimum absolute atomic E-state index is 0.0678. The van der Waals surface area contributed by atoms with Crippen LogP contribution in [0, 0.1) is 0 Å². The molecule has 0 radical (unpaired) electrons. The van der Waals surface area contributed by atoms with Crippen LogP contribution in [0.15, 0.2) is 60.8 Å². The summed E-state index contributed by atoms with van der Waals surface area (Å²) < 4.78 is 5.16. The predicted octanol–water partition coefficient (Wildman–Crippen LogP) is 3.82. The number of nitrogens with one attached hydrogen (secondary N) is 2. The van der Waals surface area contributed by atoms with Gasteiger partial charge in [-0.05, 0) is 54.1 Å². The number of carbonyl (C=O) groups excluding carboxylic acids is 2. The summed E-state index contributed by atoms with van der Waals surface area (Å²) >= 11 is 5.90. The number of nitrogens with zero attached hydrogens (tertiary/aromatic N) is 3. The second-order valence-electron chi connectivity index (χ2n) is 7.67. The third-order valence-corrected chi connectivity index (χ3v) is 5.55. The fourth-order valence-electron chi connectivity index (χ4n) is 3.70. The molecule has 1 saturated heterocycles. The van der Waals surface area contributed by atoms with Crippen molar-refractivity contribution in [2.45, 2.75) is 6.42 Å². The molecule has 9 heteroatoms. The molecule has 0 bridgehead atoms. The number of fused-ring (bicyclic) bond motifs is 1. The van der Waals surface area contributed by atoms with E-state index in [9.17, 15) is 9.59 Å². The number of halogens is 1. The summed E-state index contributed by atoms with van der Waals surface area (Å²) in [5.74, 6) is 0.434. The first-order valence-electron chi connectivity index (χ1n) is 10.4. The molecule has 2 aromatic heterocycles. The molecule has 8 nitrogen and oxygen atoms in total. The number of amides is 2. The molecule has 0 saturated carbocycles. The van der Waals surface area contributed by atoms with Crippen molar-refractivity contribution in [3.63, 3.8) is 0 Å². The Bertz CT molecular complexity index is 1320. The maximum absolute atomic E-state index is 12.6. The molecular formula is C24H20ClN5O3. The number of ether oxygens (including phenoxy) is 1. The first-order chi connectivity index (χ1) is 16.0. The topological polar surface area (TPSA) is 100 Å². The Morgan fingerprint density at radius 3 is 2.76 bits per heavy atom. The molecule has 5 rings (SSSR count). The van der Waals surface area contributed by atoms with Crippen LogP contribution in [0.5, 0.6) is 0 Å². The van der Waals surface area contributed by atoms with Crippen LogP contribution in [0.4, 0.5) is 11.4 Å². The van der Waals surface area contributed by atoms with Crippen molar-refractivity contribution < 1.29 is 14.3 Å². The number of rotatable bonds is 5. The van der Waals surface area contributed by atoms with Gasteiger partial charge in [-0.2, -0.15) is 0 Å². The van der Waals surface area contributed by atoms with Crippen molar-refractivity contribution in [1.29, 1.82) is 0 Å². The monoisotopic (exact) mass is 461 g/mol. The van der Waals surface area contributed by atoms with Crippen molar-refractivity contribution in [1.82, 2.24) is 15.0 Å². The molecule has 0 atom stereocenters. The van der Waals surface area contributed by atoms with Crippen LogP contribution < -0.4 is 10.2 Å². The van der Waals surface area contributed by atoms with Gasteiger partial charge in [0, 0.05) is 24.1 Å². The molecule has 33 heavy (non-hydrogen) atoms. The van der Waals surface area contributed by atoms with Gasteiger partial charge in [0.05, 0.1) is 29.1 Å². The number of anilines is 2. The molecule has 0 unspecified atom stereocenters. The minimum atomic E-state index is -0.139. The summed E-state index contributed by atoms with van der Waals surface area (Å²) in [6.45, 7) is 1.13. The lowest BCUT2D eigenvalue weighted by Gasteiger charge is -2.26. The largest absolute Gasteiger partial charge is 0.370 e. The molecule has 1 aliphatic rings. The van der Waals surface area contributed by atoms with E-state index in [4.69, 9.17) is 16.3 Å². The first kappa shape index (κ1) is 21.1. The minimum Gasteiger partial charge on any atom is -0.370 e. The predicted molar refractivity (Wildman–Crippen MR) is 126 cm³/mol. The van der Waals surface area contributed by atoms with Gasteiger partial charge in [-0.3, -0.25) is 14.6 Å². The van der Waals surface area contributed by atoms with Crippen LogP contribution in [-0.4, -0.2) is 46.5 Å². The van der Waals surface area contributed by atoms with Gasteiger partial charge in [0.15, 0.2) is 5.82 Å². The zero-order chi connectivity index (χ0) is 22.8. The van der Waals surface area contributed by atoms with E-state index in [0.717, 1.165) is 22.3 Å². The van der Waals surface area contributed by atoms with Crippen LogP contribution >= 0.6 is 11.6 Å². The number of aromatic amines is 1. The SMILES string of the molecule is O=C(Cc1ccc2[nH]c(-c3ccc(Cl)cn3)nc2c1)Nc1ccc(N2CCOCC2=O)cc1. The van der Waals surface area contributed by atoms with E-state index >= 15 is 0 Å². The van der Waals surface area contributed by atoms with E-state index < -0.39 is 0 Å². The highest BCUT2D eigenvalue weighted by Crippen LogP contribution is 2.22. The van der Waals surface area contributed by atoms with Crippen molar-refractivity contribution in [2.75, 3.05) is 30.0 Å². The van der Waals surface area contributed by atoms with E-state index in [1.165, 1.54) is 0 Å². The normalized spacial score (nSPS) is 14.0. The summed E-state index contributed by atoms with van der Waals surface area (Å²) in [6, 6.07) is 16.5. The van der Waals surface area contributed by atoms with Crippen LogP contribution in [0.25, 0.3) is 22.6 Å². The molecular weight excluding hydrogens is 442 g/mol. The molecule has 2 aromatic carbocycles. The standard InChI is InChI=1S/C24H20ClN5O3/c25-16-2-8-20(26-13-16)24-28-19-7-1-15(11-21(19)29-24)12-22(31)27-17-3-5-18(6-4-17)30-9-10-33-14-23(30)32/h1-8,11,13H,9-10,12,14H2,(H,27,31)(H,28,29). The third kappa shape index (κ3) is 4.72. The second kappa shape index (κ2) is 9.01. The number of pyridine rings is 1. The summed E-state index contributed by atoms with van der Waals surface area (Å²) in [6.07, 6.45) is 1.78. The number of hydrogen-bond donors (Lipinski definition) is 2. The van der Waals surface area contributed by atoms with Crippen LogP contribution in [0.1, 0.15) is 5.56 Å². The molecule has 2 amide bonds. The number of benzene rings is 2. The van der Waals surface area contributed by atoms with Gasteiger partial charge >= 0.3 is 0 Å². The van der Waals surface area contributed by atoms with E-state index in [2.05, 4.69) is 20.3 Å². The molecule has 3 heterocycles. The fraction of sp³-hybridized carbons (Fsp3) is 0.167. The van der Waals surface area contributed by atoms with Crippen LogP contribution in [0.2, 0.25) is 5.02 Å². The van der Waals surface area contributed by atoms with E-state index in [-0.39, 0.29) is 24.8 Å². The zero-order valence-corrected chi connectivity index (χ0v) is 18.3. The number of imidazole rings is 1. The molecule has 2 N–H and O–H groups in total. The number of hydrogen-bond acceptors (Lipinski definition) is 5. The summed E-state index contributed by atoms with van der Waals surface area (Å²) in [7, 11) is 0. The molecule has 1 aliphatic heterocycles. The maximum atomic E-state index is 12.6. The zero-order valence-electron chi connectivity index (χ0n) is 17.5. The molecule has 4 aromatic rings. The lowest BCUT2D eigenvalue weighted by Crippen LogP contribution is -2.41. The van der Waals surface area contributed by atoms with Crippen molar-refractivity contribution >= 4 is 45.8 Å². The highest BCUT2D eigenvalue weighted by atomic mass is 35.5. The summed E-state index contributed by atoms with van der Waals surface area (Å²) in [5.41, 5.74) is 4.61. The highest BCUT2D eigenvalue weighted by molar-refractivity contribution is 6.30. The van der Waals surface area contributed by atoms with Gasteiger partial charge < -0.3 is 19.9 Å². The average Bonchev–Trinajstić information content (AvgIpc) is 3.24. The Balaban J connectivity index is 1.25. The summed E-state index contributed by atoms with van der Waals surface area (Å²) in [4.78, 5) is 38.3. The fourth-order valence-corrected chi connectivity index (χ4v) is 3.82. The Hall–Kier alpha value is -3.75. The Morgan fingerprint density at radius 2 is 2.00 bits per heavy atom. The van der Waals surface area contributed by atoms with Crippen LogP contribution in [-0.2, 0) is 20.7 Å². The molecule has 0 spiro atoms. The lowest BCUT2D eigenvalue weighted by atomic mass is 10.1. The number of aromatic nitrogens is 3. The molecule has 1 fully saturated rings. The van der Waals surface area contributed by atoms with Gasteiger partial charge in [-0.25, -0.2) is 4.98 Å².